The van der Waals surface area contributed by atoms with E-state index < -0.39 is 23.9 Å². The van der Waals surface area contributed by atoms with E-state index in [-0.39, 0.29) is 11.3 Å². The van der Waals surface area contributed by atoms with E-state index in [1.165, 1.54) is 17.1 Å². The Morgan fingerprint density at radius 1 is 1.15 bits per heavy atom. The minimum absolute atomic E-state index is 0.106. The number of nitrogens with two attached hydrogens (primary N) is 1. The molecule has 1 aromatic carbocycles. The zero-order valence-electron chi connectivity index (χ0n) is 15.0. The molecule has 0 atom stereocenters. The summed E-state index contributed by atoms with van der Waals surface area (Å²) in [6.07, 6.45) is 2.91. The van der Waals surface area contributed by atoms with Crippen LogP contribution in [0.2, 0.25) is 0 Å². The van der Waals surface area contributed by atoms with Gasteiger partial charge in [-0.3, -0.25) is 28.9 Å². The van der Waals surface area contributed by atoms with Gasteiger partial charge in [0, 0.05) is 19.4 Å². The number of anilines is 1. The fourth-order valence-corrected chi connectivity index (χ4v) is 2.92. The quantitative estimate of drug-likeness (QED) is 0.729. The number of rotatable bonds is 5. The monoisotopic (exact) mass is 365 g/mol. The molecule has 0 spiro atoms. The number of nitrogens with zero attached hydrogens (tertiary/aromatic N) is 4. The summed E-state index contributed by atoms with van der Waals surface area (Å²) in [6, 6.07) is 12.2. The number of para-hydroxylation sites is 1. The van der Waals surface area contributed by atoms with Crippen molar-refractivity contribution < 1.29 is 9.59 Å². The highest BCUT2D eigenvalue weighted by Crippen LogP contribution is 2.20. The smallest absolute Gasteiger partial charge is 0.295 e. The first kappa shape index (κ1) is 18.1. The standard InChI is InChI=1S/C19H19N5O3/c1-13-17(19(27)24(22(13)2)15-8-4-3-5-9-15)23(12-16(20)25)18(26)14-7-6-10-21-11-14/h3-11H,12H2,1-2H3,(H2,20,25). The number of hydrogen-bond acceptors (Lipinski definition) is 4. The van der Waals surface area contributed by atoms with Crippen molar-refractivity contribution in [1.82, 2.24) is 14.3 Å². The number of pyridine rings is 1. The number of carbonyl (C=O) groups is 2. The van der Waals surface area contributed by atoms with E-state index in [1.54, 1.807) is 42.9 Å². The maximum absolute atomic E-state index is 13.2. The number of hydrogen-bond donors (Lipinski definition) is 1. The molecule has 2 aromatic heterocycles. The van der Waals surface area contributed by atoms with Crippen LogP contribution in [0.5, 0.6) is 0 Å². The molecular weight excluding hydrogens is 346 g/mol. The Labute approximate surface area is 155 Å². The van der Waals surface area contributed by atoms with Crippen LogP contribution < -0.4 is 16.2 Å². The van der Waals surface area contributed by atoms with Gasteiger partial charge in [-0.05, 0) is 31.2 Å². The van der Waals surface area contributed by atoms with Crippen LogP contribution in [0.3, 0.4) is 0 Å². The molecule has 0 unspecified atom stereocenters. The highest BCUT2D eigenvalue weighted by Gasteiger charge is 2.28. The highest BCUT2D eigenvalue weighted by atomic mass is 16.2. The van der Waals surface area contributed by atoms with E-state index in [0.29, 0.717) is 11.4 Å². The van der Waals surface area contributed by atoms with Gasteiger partial charge < -0.3 is 5.73 Å². The second-order valence-electron chi connectivity index (χ2n) is 6.01. The molecule has 3 aromatic rings. The lowest BCUT2D eigenvalue weighted by Gasteiger charge is -2.19. The molecule has 3 rings (SSSR count). The van der Waals surface area contributed by atoms with E-state index in [2.05, 4.69) is 4.98 Å². The summed E-state index contributed by atoms with van der Waals surface area (Å²) in [7, 11) is 1.71. The van der Waals surface area contributed by atoms with Crippen LogP contribution in [-0.4, -0.2) is 32.7 Å². The fraction of sp³-hybridized carbons (Fsp3) is 0.158. The Balaban J connectivity index is 2.18. The second-order valence-corrected chi connectivity index (χ2v) is 6.01. The zero-order chi connectivity index (χ0) is 19.6. The molecule has 0 saturated heterocycles. The van der Waals surface area contributed by atoms with Gasteiger partial charge in [0.05, 0.1) is 16.9 Å². The van der Waals surface area contributed by atoms with Crippen molar-refractivity contribution in [2.75, 3.05) is 11.4 Å². The normalized spacial score (nSPS) is 10.6. The minimum Gasteiger partial charge on any atom is -0.368 e. The van der Waals surface area contributed by atoms with Crippen LogP contribution in [0.15, 0.2) is 59.7 Å². The van der Waals surface area contributed by atoms with Gasteiger partial charge in [-0.15, -0.1) is 0 Å². The van der Waals surface area contributed by atoms with E-state index in [4.69, 9.17) is 5.73 Å². The zero-order valence-corrected chi connectivity index (χ0v) is 15.0. The molecular formula is C19H19N5O3. The van der Waals surface area contributed by atoms with Crippen LogP contribution in [0.1, 0.15) is 16.1 Å². The number of primary amides is 1. The molecule has 8 heteroatoms. The third-order valence-corrected chi connectivity index (χ3v) is 4.26. The molecule has 0 saturated carbocycles. The number of aromatic nitrogens is 3. The Bertz CT molecular complexity index is 1040. The van der Waals surface area contributed by atoms with Crippen molar-refractivity contribution in [2.24, 2.45) is 12.8 Å². The molecule has 8 nitrogen and oxygen atoms in total. The van der Waals surface area contributed by atoms with Crippen molar-refractivity contribution in [1.29, 1.82) is 0 Å². The van der Waals surface area contributed by atoms with E-state index in [0.717, 1.165) is 4.90 Å². The summed E-state index contributed by atoms with van der Waals surface area (Å²) in [5.74, 6) is -1.24. The Morgan fingerprint density at radius 2 is 1.85 bits per heavy atom. The van der Waals surface area contributed by atoms with Gasteiger partial charge in [-0.2, -0.15) is 0 Å². The third-order valence-electron chi connectivity index (χ3n) is 4.26. The maximum atomic E-state index is 13.2. The van der Waals surface area contributed by atoms with Crippen LogP contribution in [-0.2, 0) is 11.8 Å². The topological polar surface area (TPSA) is 103 Å². The lowest BCUT2D eigenvalue weighted by atomic mass is 10.2. The predicted molar refractivity (Wildman–Crippen MR) is 101 cm³/mol. The summed E-state index contributed by atoms with van der Waals surface area (Å²) in [6.45, 7) is 1.29. The van der Waals surface area contributed by atoms with Crippen molar-refractivity contribution in [3.05, 3.63) is 76.5 Å². The summed E-state index contributed by atoms with van der Waals surface area (Å²) in [5.41, 5.74) is 6.46. The first-order valence-corrected chi connectivity index (χ1v) is 8.26. The number of amides is 2. The molecule has 0 radical (unpaired) electrons. The van der Waals surface area contributed by atoms with Crippen molar-refractivity contribution >= 4 is 17.5 Å². The molecule has 2 heterocycles. The lowest BCUT2D eigenvalue weighted by molar-refractivity contribution is -0.116. The van der Waals surface area contributed by atoms with Gasteiger partial charge in [0.1, 0.15) is 12.2 Å². The molecule has 27 heavy (non-hydrogen) atoms. The van der Waals surface area contributed by atoms with Gasteiger partial charge in [0.25, 0.3) is 11.5 Å². The Hall–Kier alpha value is -3.68. The van der Waals surface area contributed by atoms with E-state index in [1.807, 2.05) is 18.2 Å². The molecule has 0 aliphatic heterocycles. The second kappa shape index (κ2) is 7.28. The summed E-state index contributed by atoms with van der Waals surface area (Å²) in [5, 5.41) is 0. The lowest BCUT2D eigenvalue weighted by Crippen LogP contribution is -2.41. The first-order chi connectivity index (χ1) is 12.9. The van der Waals surface area contributed by atoms with E-state index in [9.17, 15) is 14.4 Å². The van der Waals surface area contributed by atoms with Crippen LogP contribution in [0.25, 0.3) is 5.69 Å². The van der Waals surface area contributed by atoms with Crippen molar-refractivity contribution in [3.8, 4) is 5.69 Å². The molecule has 2 amide bonds. The first-order valence-electron chi connectivity index (χ1n) is 8.26. The Morgan fingerprint density at radius 3 is 2.44 bits per heavy atom. The maximum Gasteiger partial charge on any atom is 0.295 e. The number of benzene rings is 1. The molecule has 0 aliphatic carbocycles. The largest absolute Gasteiger partial charge is 0.368 e. The molecule has 0 aliphatic rings. The van der Waals surface area contributed by atoms with Crippen molar-refractivity contribution in [2.45, 2.75) is 6.92 Å². The van der Waals surface area contributed by atoms with Gasteiger partial charge in [0.15, 0.2) is 0 Å². The average molecular weight is 365 g/mol. The summed E-state index contributed by atoms with van der Waals surface area (Å²) in [4.78, 5) is 42.7. The minimum atomic E-state index is -0.721. The van der Waals surface area contributed by atoms with Crippen LogP contribution in [0.4, 0.5) is 5.69 Å². The van der Waals surface area contributed by atoms with Crippen LogP contribution >= 0.6 is 0 Å². The van der Waals surface area contributed by atoms with Gasteiger partial charge in [-0.25, -0.2) is 4.68 Å². The SMILES string of the molecule is Cc1c(N(CC(N)=O)C(=O)c2cccnc2)c(=O)n(-c2ccccc2)n1C. The Kier molecular flexibility index (Phi) is 4.89. The van der Waals surface area contributed by atoms with E-state index >= 15 is 0 Å². The van der Waals surface area contributed by atoms with Crippen LogP contribution in [0, 0.1) is 6.92 Å². The predicted octanol–water partition coefficient (Wildman–Crippen LogP) is 1.01. The van der Waals surface area contributed by atoms with Gasteiger partial charge >= 0.3 is 0 Å². The van der Waals surface area contributed by atoms with Gasteiger partial charge in [0.2, 0.25) is 5.91 Å². The molecule has 138 valence electrons. The highest BCUT2D eigenvalue weighted by molar-refractivity contribution is 6.08. The molecule has 0 fully saturated rings. The van der Waals surface area contributed by atoms with Gasteiger partial charge in [-0.1, -0.05) is 18.2 Å². The third kappa shape index (κ3) is 3.37. The van der Waals surface area contributed by atoms with Crippen molar-refractivity contribution in [3.63, 3.8) is 0 Å². The number of carbonyl (C=O) groups excluding carboxylic acids is 2. The molecule has 0 bridgehead atoms. The summed E-state index contributed by atoms with van der Waals surface area (Å²) < 4.78 is 3.08. The molecule has 2 N–H and O–H groups in total. The fourth-order valence-electron chi connectivity index (χ4n) is 2.92. The summed E-state index contributed by atoms with van der Waals surface area (Å²) >= 11 is 0. The average Bonchev–Trinajstić information content (AvgIpc) is 2.89.